The predicted molar refractivity (Wildman–Crippen MR) is 53.4 cm³/mol. The van der Waals surface area contributed by atoms with Crippen molar-refractivity contribution in [2.24, 2.45) is 5.92 Å². The summed E-state index contributed by atoms with van der Waals surface area (Å²) in [5.41, 5.74) is 1.01. The summed E-state index contributed by atoms with van der Waals surface area (Å²) in [6.07, 6.45) is 1.89. The number of carbonyl (C=O) groups is 1. The molecule has 0 aromatic heterocycles. The minimum absolute atomic E-state index is 0.149. The first-order chi connectivity index (χ1) is 6.24. The molecule has 1 nitrogen and oxygen atoms in total. The van der Waals surface area contributed by atoms with E-state index in [1.165, 1.54) is 0 Å². The van der Waals surface area contributed by atoms with E-state index >= 15 is 0 Å². The smallest absolute Gasteiger partial charge is 0.123 e. The molecule has 2 unspecified atom stereocenters. The van der Waals surface area contributed by atoms with Crippen LogP contribution in [0.2, 0.25) is 10.0 Å². The van der Waals surface area contributed by atoms with Crippen LogP contribution in [0.25, 0.3) is 0 Å². The zero-order valence-corrected chi connectivity index (χ0v) is 8.35. The van der Waals surface area contributed by atoms with E-state index < -0.39 is 0 Å². The van der Waals surface area contributed by atoms with Crippen molar-refractivity contribution < 1.29 is 4.79 Å². The van der Waals surface area contributed by atoms with Crippen LogP contribution in [0, 0.1) is 5.92 Å². The highest BCUT2D eigenvalue weighted by molar-refractivity contribution is 6.42. The van der Waals surface area contributed by atoms with Crippen molar-refractivity contribution in [2.75, 3.05) is 0 Å². The Hall–Kier alpha value is -0.530. The number of hydrogen-bond donors (Lipinski definition) is 0. The van der Waals surface area contributed by atoms with Gasteiger partial charge < -0.3 is 4.79 Å². The third-order valence-corrected chi connectivity index (χ3v) is 3.23. The second-order valence-corrected chi connectivity index (χ2v) is 4.07. The van der Waals surface area contributed by atoms with Gasteiger partial charge in [-0.15, -0.1) is 0 Å². The molecule has 0 bridgehead atoms. The standard InChI is InChI=1S/C10H8Cl2O/c11-9-3-1-2-7(10(9)12)8-4-6(8)5-13/h1-3,5-6,8H,4H2. The third kappa shape index (κ3) is 1.59. The number of halogens is 2. The van der Waals surface area contributed by atoms with Crippen LogP contribution in [0.1, 0.15) is 17.9 Å². The summed E-state index contributed by atoms with van der Waals surface area (Å²) in [6.45, 7) is 0. The first kappa shape index (κ1) is 9.04. The van der Waals surface area contributed by atoms with E-state index in [0.29, 0.717) is 16.0 Å². The van der Waals surface area contributed by atoms with Crippen molar-refractivity contribution in [3.05, 3.63) is 33.8 Å². The third-order valence-electron chi connectivity index (χ3n) is 2.40. The summed E-state index contributed by atoms with van der Waals surface area (Å²) in [6, 6.07) is 5.55. The topological polar surface area (TPSA) is 17.1 Å². The molecule has 0 amide bonds. The van der Waals surface area contributed by atoms with Gasteiger partial charge in [-0.1, -0.05) is 35.3 Å². The van der Waals surface area contributed by atoms with Gasteiger partial charge in [-0.05, 0) is 24.0 Å². The number of rotatable bonds is 2. The molecule has 1 aromatic rings. The molecule has 68 valence electrons. The zero-order chi connectivity index (χ0) is 9.42. The molecule has 0 N–H and O–H groups in total. The summed E-state index contributed by atoms with van der Waals surface area (Å²) < 4.78 is 0. The van der Waals surface area contributed by atoms with Gasteiger partial charge >= 0.3 is 0 Å². The minimum Gasteiger partial charge on any atom is -0.303 e. The Labute approximate surface area is 86.7 Å². The van der Waals surface area contributed by atoms with Gasteiger partial charge in [0.2, 0.25) is 0 Å². The van der Waals surface area contributed by atoms with Gasteiger partial charge in [0, 0.05) is 5.92 Å². The molecule has 0 radical (unpaired) electrons. The van der Waals surface area contributed by atoms with Crippen LogP contribution < -0.4 is 0 Å². The lowest BCUT2D eigenvalue weighted by atomic mass is 10.1. The second kappa shape index (κ2) is 3.32. The second-order valence-electron chi connectivity index (χ2n) is 3.29. The van der Waals surface area contributed by atoms with E-state index in [4.69, 9.17) is 23.2 Å². The number of aldehydes is 1. The monoisotopic (exact) mass is 214 g/mol. The van der Waals surface area contributed by atoms with E-state index in [1.54, 1.807) is 6.07 Å². The first-order valence-corrected chi connectivity index (χ1v) is 4.89. The van der Waals surface area contributed by atoms with Crippen molar-refractivity contribution in [1.82, 2.24) is 0 Å². The van der Waals surface area contributed by atoms with Gasteiger partial charge in [0.1, 0.15) is 6.29 Å². The van der Waals surface area contributed by atoms with Gasteiger partial charge in [0.25, 0.3) is 0 Å². The van der Waals surface area contributed by atoms with Crippen LogP contribution in [-0.2, 0) is 4.79 Å². The largest absolute Gasteiger partial charge is 0.303 e. The molecular weight excluding hydrogens is 207 g/mol. The maximum Gasteiger partial charge on any atom is 0.123 e. The van der Waals surface area contributed by atoms with Gasteiger partial charge in [0.05, 0.1) is 10.0 Å². The Morgan fingerprint density at radius 2 is 2.15 bits per heavy atom. The molecule has 1 aliphatic carbocycles. The van der Waals surface area contributed by atoms with Crippen molar-refractivity contribution >= 4 is 29.5 Å². The molecule has 0 spiro atoms. The maximum atomic E-state index is 10.5. The van der Waals surface area contributed by atoms with E-state index in [9.17, 15) is 4.79 Å². The lowest BCUT2D eigenvalue weighted by Crippen LogP contribution is -1.86. The predicted octanol–water partition coefficient (Wildman–Crippen LogP) is 3.30. The Bertz CT molecular complexity index is 349. The molecule has 1 saturated carbocycles. The van der Waals surface area contributed by atoms with Crippen LogP contribution in [-0.4, -0.2) is 6.29 Å². The molecule has 2 rings (SSSR count). The summed E-state index contributed by atoms with van der Waals surface area (Å²) >= 11 is 11.9. The van der Waals surface area contributed by atoms with Crippen LogP contribution in [0.3, 0.4) is 0 Å². The first-order valence-electron chi connectivity index (χ1n) is 4.13. The van der Waals surface area contributed by atoms with Crippen molar-refractivity contribution in [3.8, 4) is 0 Å². The minimum atomic E-state index is 0.149. The quantitative estimate of drug-likeness (QED) is 0.691. The molecule has 0 saturated heterocycles. The molecule has 3 heteroatoms. The average molecular weight is 215 g/mol. The Balaban J connectivity index is 2.31. The van der Waals surface area contributed by atoms with Gasteiger partial charge in [-0.25, -0.2) is 0 Å². The fourth-order valence-electron chi connectivity index (χ4n) is 1.53. The van der Waals surface area contributed by atoms with Crippen molar-refractivity contribution in [2.45, 2.75) is 12.3 Å². The Morgan fingerprint density at radius 3 is 2.77 bits per heavy atom. The Kier molecular flexibility index (Phi) is 2.31. The number of carbonyl (C=O) groups excluding carboxylic acids is 1. The van der Waals surface area contributed by atoms with Crippen LogP contribution in [0.5, 0.6) is 0 Å². The molecule has 13 heavy (non-hydrogen) atoms. The van der Waals surface area contributed by atoms with Crippen molar-refractivity contribution in [1.29, 1.82) is 0 Å². The van der Waals surface area contributed by atoms with E-state index in [1.807, 2.05) is 12.1 Å². The summed E-state index contributed by atoms with van der Waals surface area (Å²) in [5, 5.41) is 1.16. The summed E-state index contributed by atoms with van der Waals surface area (Å²) in [4.78, 5) is 10.5. The molecule has 1 aliphatic rings. The van der Waals surface area contributed by atoms with Gasteiger partial charge in [-0.3, -0.25) is 0 Å². The van der Waals surface area contributed by atoms with Gasteiger partial charge in [0.15, 0.2) is 0 Å². The van der Waals surface area contributed by atoms with Gasteiger partial charge in [-0.2, -0.15) is 0 Å². The van der Waals surface area contributed by atoms with Crippen molar-refractivity contribution in [3.63, 3.8) is 0 Å². The highest BCUT2D eigenvalue weighted by atomic mass is 35.5. The molecule has 2 atom stereocenters. The van der Waals surface area contributed by atoms with E-state index in [-0.39, 0.29) is 5.92 Å². The fourth-order valence-corrected chi connectivity index (χ4v) is 1.98. The number of benzene rings is 1. The average Bonchev–Trinajstić information content (AvgIpc) is 2.89. The number of hydrogen-bond acceptors (Lipinski definition) is 1. The fraction of sp³-hybridized carbons (Fsp3) is 0.300. The normalized spacial score (nSPS) is 25.7. The lowest BCUT2D eigenvalue weighted by Gasteiger charge is -2.02. The highest BCUT2D eigenvalue weighted by Crippen LogP contribution is 2.49. The molecule has 1 fully saturated rings. The van der Waals surface area contributed by atoms with E-state index in [2.05, 4.69) is 0 Å². The Morgan fingerprint density at radius 1 is 1.38 bits per heavy atom. The van der Waals surface area contributed by atoms with Crippen LogP contribution in [0.4, 0.5) is 0 Å². The maximum absolute atomic E-state index is 10.5. The SMILES string of the molecule is O=CC1CC1c1cccc(Cl)c1Cl. The van der Waals surface area contributed by atoms with Crippen LogP contribution >= 0.6 is 23.2 Å². The molecule has 0 aliphatic heterocycles. The molecule has 0 heterocycles. The molecule has 1 aromatic carbocycles. The highest BCUT2D eigenvalue weighted by Gasteiger charge is 2.39. The zero-order valence-electron chi connectivity index (χ0n) is 6.84. The molecular formula is C10H8Cl2O. The lowest BCUT2D eigenvalue weighted by molar-refractivity contribution is -0.108. The summed E-state index contributed by atoms with van der Waals surface area (Å²) in [5.74, 6) is 0.444. The van der Waals surface area contributed by atoms with E-state index in [0.717, 1.165) is 18.3 Å². The van der Waals surface area contributed by atoms with Crippen LogP contribution in [0.15, 0.2) is 18.2 Å². The summed E-state index contributed by atoms with van der Waals surface area (Å²) in [7, 11) is 0.